The number of H-pyrrole nitrogens is 1. The predicted molar refractivity (Wildman–Crippen MR) is 108 cm³/mol. The average Bonchev–Trinajstić information content (AvgIpc) is 3.04. The zero-order valence-electron chi connectivity index (χ0n) is 17.0. The summed E-state index contributed by atoms with van der Waals surface area (Å²) < 4.78 is 10.6. The molecule has 1 aliphatic rings. The van der Waals surface area contributed by atoms with Crippen LogP contribution in [0, 0.1) is 6.92 Å². The number of benzene rings is 1. The number of ether oxygens (including phenoxy) is 2. The van der Waals surface area contributed by atoms with Gasteiger partial charge in [0, 0.05) is 17.7 Å². The lowest BCUT2D eigenvalue weighted by atomic mass is 9.81. The van der Waals surface area contributed by atoms with Gasteiger partial charge in [-0.1, -0.05) is 38.3 Å². The molecule has 5 nitrogen and oxygen atoms in total. The standard InChI is InChI=1S/C23H29NO4/c1-4-5-6-7-12-28-23(26)22-15(2)21-19(24-22)13-17(14-20(21)25)16-8-10-18(27-3)11-9-16/h8-11,17,24H,4-7,12-14H2,1-3H3/t17-/m1/s1. The highest BCUT2D eigenvalue weighted by molar-refractivity contribution is 6.03. The number of hydrogen-bond donors (Lipinski definition) is 1. The fourth-order valence-corrected chi connectivity index (χ4v) is 3.92. The number of aromatic nitrogens is 1. The highest BCUT2D eigenvalue weighted by Gasteiger charge is 2.32. The van der Waals surface area contributed by atoms with Crippen molar-refractivity contribution in [1.29, 1.82) is 0 Å². The fraction of sp³-hybridized carbons (Fsp3) is 0.478. The third-order valence-electron chi connectivity index (χ3n) is 5.51. The maximum absolute atomic E-state index is 12.8. The second-order valence-electron chi connectivity index (χ2n) is 7.48. The van der Waals surface area contributed by atoms with Crippen molar-refractivity contribution >= 4 is 11.8 Å². The summed E-state index contributed by atoms with van der Waals surface area (Å²) in [6.07, 6.45) is 5.38. The molecule has 0 amide bonds. The van der Waals surface area contributed by atoms with E-state index in [2.05, 4.69) is 11.9 Å². The normalized spacial score (nSPS) is 16.0. The zero-order chi connectivity index (χ0) is 20.1. The van der Waals surface area contributed by atoms with Crippen LogP contribution in [0.4, 0.5) is 0 Å². The smallest absolute Gasteiger partial charge is 0.355 e. The van der Waals surface area contributed by atoms with Crippen LogP contribution in [0.2, 0.25) is 0 Å². The van der Waals surface area contributed by atoms with Crippen molar-refractivity contribution in [2.24, 2.45) is 0 Å². The van der Waals surface area contributed by atoms with E-state index in [0.717, 1.165) is 42.7 Å². The molecule has 28 heavy (non-hydrogen) atoms. The Balaban J connectivity index is 1.72. The number of Topliss-reactive ketones (excluding diaryl/α,β-unsaturated/α-hetero) is 1. The first kappa shape index (κ1) is 20.2. The molecule has 150 valence electrons. The van der Waals surface area contributed by atoms with Gasteiger partial charge < -0.3 is 14.5 Å². The monoisotopic (exact) mass is 383 g/mol. The van der Waals surface area contributed by atoms with Crippen molar-refractivity contribution in [2.45, 2.75) is 58.3 Å². The minimum Gasteiger partial charge on any atom is -0.497 e. The number of rotatable bonds is 8. The van der Waals surface area contributed by atoms with Gasteiger partial charge in [0.25, 0.3) is 0 Å². The number of esters is 1. The van der Waals surface area contributed by atoms with Crippen LogP contribution in [0.25, 0.3) is 0 Å². The van der Waals surface area contributed by atoms with Gasteiger partial charge in [0.2, 0.25) is 0 Å². The van der Waals surface area contributed by atoms with Crippen LogP contribution in [0.5, 0.6) is 5.75 Å². The molecule has 0 bridgehead atoms. The molecule has 5 heteroatoms. The summed E-state index contributed by atoms with van der Waals surface area (Å²) in [5, 5.41) is 0. The highest BCUT2D eigenvalue weighted by atomic mass is 16.5. The van der Waals surface area contributed by atoms with Gasteiger partial charge in [-0.05, 0) is 48.9 Å². The number of ketones is 1. The van der Waals surface area contributed by atoms with E-state index in [9.17, 15) is 9.59 Å². The Labute approximate surface area is 166 Å². The number of aromatic amines is 1. The molecule has 0 aliphatic heterocycles. The Bertz CT molecular complexity index is 835. The van der Waals surface area contributed by atoms with E-state index in [4.69, 9.17) is 9.47 Å². The Morgan fingerprint density at radius 3 is 2.57 bits per heavy atom. The maximum atomic E-state index is 12.8. The van der Waals surface area contributed by atoms with E-state index in [1.807, 2.05) is 31.2 Å². The van der Waals surface area contributed by atoms with Crippen LogP contribution in [0.1, 0.15) is 82.6 Å². The molecule has 1 N–H and O–H groups in total. The van der Waals surface area contributed by atoms with E-state index in [0.29, 0.717) is 36.3 Å². The van der Waals surface area contributed by atoms with Gasteiger partial charge in [-0.2, -0.15) is 0 Å². The van der Waals surface area contributed by atoms with Gasteiger partial charge in [0.1, 0.15) is 11.4 Å². The molecule has 1 aliphatic carbocycles. The minimum absolute atomic E-state index is 0.0813. The summed E-state index contributed by atoms with van der Waals surface area (Å²) in [4.78, 5) is 28.4. The summed E-state index contributed by atoms with van der Waals surface area (Å²) >= 11 is 0. The number of hydrogen-bond acceptors (Lipinski definition) is 4. The third-order valence-corrected chi connectivity index (χ3v) is 5.51. The van der Waals surface area contributed by atoms with Crippen LogP contribution in [0.15, 0.2) is 24.3 Å². The summed E-state index contributed by atoms with van der Waals surface area (Å²) in [5.41, 5.74) is 3.75. The van der Waals surface area contributed by atoms with Gasteiger partial charge in [-0.15, -0.1) is 0 Å². The van der Waals surface area contributed by atoms with Gasteiger partial charge in [0.05, 0.1) is 13.7 Å². The molecule has 0 radical (unpaired) electrons. The van der Waals surface area contributed by atoms with Gasteiger partial charge in [0.15, 0.2) is 5.78 Å². The molecule has 1 aromatic carbocycles. The van der Waals surface area contributed by atoms with E-state index in [-0.39, 0.29) is 17.7 Å². The maximum Gasteiger partial charge on any atom is 0.355 e. The van der Waals surface area contributed by atoms with Crippen molar-refractivity contribution in [3.63, 3.8) is 0 Å². The molecule has 1 aromatic heterocycles. The summed E-state index contributed by atoms with van der Waals surface area (Å²) in [5.74, 6) is 0.614. The van der Waals surface area contributed by atoms with E-state index < -0.39 is 0 Å². The number of fused-ring (bicyclic) bond motifs is 1. The van der Waals surface area contributed by atoms with Crippen LogP contribution in [-0.4, -0.2) is 30.5 Å². The van der Waals surface area contributed by atoms with Crippen LogP contribution in [0.3, 0.4) is 0 Å². The first-order valence-electron chi connectivity index (χ1n) is 10.1. The van der Waals surface area contributed by atoms with Crippen LogP contribution >= 0.6 is 0 Å². The molecular formula is C23H29NO4. The van der Waals surface area contributed by atoms with Crippen LogP contribution in [-0.2, 0) is 11.2 Å². The summed E-state index contributed by atoms with van der Waals surface area (Å²) in [6, 6.07) is 7.83. The number of carbonyl (C=O) groups excluding carboxylic acids is 2. The first-order chi connectivity index (χ1) is 13.5. The molecule has 2 aromatic rings. The Morgan fingerprint density at radius 2 is 1.89 bits per heavy atom. The largest absolute Gasteiger partial charge is 0.497 e. The highest BCUT2D eigenvalue weighted by Crippen LogP contribution is 2.35. The Hall–Kier alpha value is -2.56. The fourth-order valence-electron chi connectivity index (χ4n) is 3.92. The Morgan fingerprint density at radius 1 is 1.14 bits per heavy atom. The summed E-state index contributed by atoms with van der Waals surface area (Å²) in [6.45, 7) is 4.40. The SMILES string of the molecule is CCCCCCOC(=O)c1[nH]c2c(c1C)C(=O)C[C@H](c1ccc(OC)cc1)C2. The molecule has 0 fully saturated rings. The van der Waals surface area contributed by atoms with Crippen molar-refractivity contribution in [2.75, 3.05) is 13.7 Å². The van der Waals surface area contributed by atoms with E-state index >= 15 is 0 Å². The number of methoxy groups -OCH3 is 1. The number of nitrogens with one attached hydrogen (secondary N) is 1. The zero-order valence-corrected chi connectivity index (χ0v) is 17.0. The lowest BCUT2D eigenvalue weighted by molar-refractivity contribution is 0.0490. The topological polar surface area (TPSA) is 68.4 Å². The van der Waals surface area contributed by atoms with Crippen molar-refractivity contribution < 1.29 is 19.1 Å². The molecule has 3 rings (SSSR count). The van der Waals surface area contributed by atoms with Gasteiger partial charge in [-0.3, -0.25) is 4.79 Å². The minimum atomic E-state index is -0.364. The molecule has 1 atom stereocenters. The number of carbonyl (C=O) groups is 2. The molecule has 0 spiro atoms. The van der Waals surface area contributed by atoms with E-state index in [1.165, 1.54) is 0 Å². The lowest BCUT2D eigenvalue weighted by Crippen LogP contribution is -2.18. The lowest BCUT2D eigenvalue weighted by Gasteiger charge is -2.22. The van der Waals surface area contributed by atoms with Crippen molar-refractivity contribution in [3.8, 4) is 5.75 Å². The van der Waals surface area contributed by atoms with Crippen molar-refractivity contribution in [3.05, 3.63) is 52.3 Å². The average molecular weight is 383 g/mol. The van der Waals surface area contributed by atoms with Gasteiger partial charge in [-0.25, -0.2) is 4.79 Å². The summed E-state index contributed by atoms with van der Waals surface area (Å²) in [7, 11) is 1.64. The van der Waals surface area contributed by atoms with Crippen LogP contribution < -0.4 is 4.74 Å². The molecular weight excluding hydrogens is 354 g/mol. The van der Waals surface area contributed by atoms with Crippen molar-refractivity contribution in [1.82, 2.24) is 4.98 Å². The second-order valence-corrected chi connectivity index (χ2v) is 7.48. The quantitative estimate of drug-likeness (QED) is 0.515. The predicted octanol–water partition coefficient (Wildman–Crippen LogP) is 4.98. The van der Waals surface area contributed by atoms with E-state index in [1.54, 1.807) is 7.11 Å². The first-order valence-corrected chi connectivity index (χ1v) is 10.1. The molecule has 0 saturated heterocycles. The number of unbranched alkanes of at least 4 members (excludes halogenated alkanes) is 3. The second kappa shape index (κ2) is 9.09. The molecule has 0 saturated carbocycles. The molecule has 0 unspecified atom stereocenters. The molecule has 1 heterocycles. The van der Waals surface area contributed by atoms with Gasteiger partial charge >= 0.3 is 5.97 Å². The Kier molecular flexibility index (Phi) is 6.55. The third kappa shape index (κ3) is 4.29.